The molecule has 1 aromatic carbocycles. The van der Waals surface area contributed by atoms with Crippen LogP contribution >= 0.6 is 0 Å². The van der Waals surface area contributed by atoms with Crippen molar-refractivity contribution >= 4 is 11.9 Å². The molecule has 1 heterocycles. The molecule has 1 aromatic rings. The Labute approximate surface area is 129 Å². The zero-order valence-electron chi connectivity index (χ0n) is 12.8. The quantitative estimate of drug-likeness (QED) is 0.756. The van der Waals surface area contributed by atoms with Crippen LogP contribution in [0.15, 0.2) is 36.1 Å². The van der Waals surface area contributed by atoms with Gasteiger partial charge in [0.15, 0.2) is 0 Å². The van der Waals surface area contributed by atoms with Crippen molar-refractivity contribution in [1.29, 1.82) is 0 Å². The van der Waals surface area contributed by atoms with Gasteiger partial charge in [-0.25, -0.2) is 4.79 Å². The Balaban J connectivity index is 2.30. The summed E-state index contributed by atoms with van der Waals surface area (Å²) in [7, 11) is 0. The number of carbonyl (C=O) groups excluding carboxylic acids is 2. The van der Waals surface area contributed by atoms with E-state index in [1.807, 2.05) is 19.9 Å². The lowest BCUT2D eigenvalue weighted by Crippen LogP contribution is -2.27. The van der Waals surface area contributed by atoms with E-state index in [-0.39, 0.29) is 5.57 Å². The summed E-state index contributed by atoms with van der Waals surface area (Å²) in [6.45, 7) is 4.43. The van der Waals surface area contributed by atoms with Crippen LogP contribution in [0.4, 0.5) is 0 Å². The minimum atomic E-state index is -0.805. The molecular weight excluding hydrogens is 284 g/mol. The van der Waals surface area contributed by atoms with E-state index in [4.69, 9.17) is 14.2 Å². The smallest absolute Gasteiger partial charge is 0.338 e. The van der Waals surface area contributed by atoms with Crippen molar-refractivity contribution in [2.75, 3.05) is 13.2 Å². The van der Waals surface area contributed by atoms with E-state index in [1.165, 1.54) is 6.26 Å². The van der Waals surface area contributed by atoms with Gasteiger partial charge in [0.1, 0.15) is 17.9 Å². The van der Waals surface area contributed by atoms with Crippen LogP contribution in [-0.4, -0.2) is 25.2 Å². The number of para-hydroxylation sites is 1. The first kappa shape index (κ1) is 16.1. The van der Waals surface area contributed by atoms with Crippen molar-refractivity contribution in [2.45, 2.75) is 32.6 Å². The third kappa shape index (κ3) is 3.47. The van der Waals surface area contributed by atoms with Gasteiger partial charge in [-0.2, -0.15) is 0 Å². The second-order valence-corrected chi connectivity index (χ2v) is 4.97. The molecule has 5 heteroatoms. The number of rotatable bonds is 6. The van der Waals surface area contributed by atoms with Gasteiger partial charge in [-0.05, 0) is 18.9 Å². The molecule has 0 saturated heterocycles. The Kier molecular flexibility index (Phi) is 5.58. The molecule has 0 fully saturated rings. The Morgan fingerprint density at radius 2 is 1.77 bits per heavy atom. The van der Waals surface area contributed by atoms with E-state index in [9.17, 15) is 9.59 Å². The normalized spacial score (nSPS) is 16.1. The maximum absolute atomic E-state index is 12.4. The molecule has 118 valence electrons. The average molecular weight is 304 g/mol. The van der Waals surface area contributed by atoms with Crippen LogP contribution in [-0.2, 0) is 19.1 Å². The first-order valence-corrected chi connectivity index (χ1v) is 7.48. The van der Waals surface area contributed by atoms with Crippen LogP contribution in [0.1, 0.15) is 38.2 Å². The van der Waals surface area contributed by atoms with Gasteiger partial charge in [0.25, 0.3) is 0 Å². The highest BCUT2D eigenvalue weighted by Crippen LogP contribution is 2.37. The lowest BCUT2D eigenvalue weighted by atomic mass is 9.89. The highest BCUT2D eigenvalue weighted by atomic mass is 16.5. The summed E-state index contributed by atoms with van der Waals surface area (Å²) in [5, 5.41) is 0. The molecule has 0 radical (unpaired) electrons. The van der Waals surface area contributed by atoms with Crippen molar-refractivity contribution < 1.29 is 23.8 Å². The van der Waals surface area contributed by atoms with Crippen LogP contribution in [0, 0.1) is 0 Å². The fourth-order valence-electron chi connectivity index (χ4n) is 2.17. The highest BCUT2D eigenvalue weighted by Gasteiger charge is 2.36. The number of benzene rings is 1. The fraction of sp³-hybridized carbons (Fsp3) is 0.412. The SMILES string of the molecule is CCCOC(=O)C1=COc2ccccc2C1C(=O)OCCC. The third-order valence-corrected chi connectivity index (χ3v) is 3.21. The number of carbonyl (C=O) groups is 2. The maximum Gasteiger partial charge on any atom is 0.338 e. The molecule has 1 atom stereocenters. The number of hydrogen-bond donors (Lipinski definition) is 0. The lowest BCUT2D eigenvalue weighted by Gasteiger charge is -2.24. The van der Waals surface area contributed by atoms with Gasteiger partial charge in [0.2, 0.25) is 0 Å². The highest BCUT2D eigenvalue weighted by molar-refractivity contribution is 5.99. The molecule has 0 aliphatic carbocycles. The summed E-state index contributed by atoms with van der Waals surface area (Å²) in [6, 6.07) is 7.11. The van der Waals surface area contributed by atoms with Crippen molar-refractivity contribution in [1.82, 2.24) is 0 Å². The Morgan fingerprint density at radius 3 is 2.50 bits per heavy atom. The molecule has 1 unspecified atom stereocenters. The predicted molar refractivity (Wildman–Crippen MR) is 80.4 cm³/mol. The van der Waals surface area contributed by atoms with Gasteiger partial charge in [0, 0.05) is 5.56 Å². The van der Waals surface area contributed by atoms with Crippen LogP contribution in [0.5, 0.6) is 5.75 Å². The molecule has 22 heavy (non-hydrogen) atoms. The Morgan fingerprint density at radius 1 is 1.09 bits per heavy atom. The number of hydrogen-bond acceptors (Lipinski definition) is 5. The second kappa shape index (κ2) is 7.64. The van der Waals surface area contributed by atoms with Crippen molar-refractivity contribution in [2.24, 2.45) is 0 Å². The molecule has 0 amide bonds. The first-order chi connectivity index (χ1) is 10.7. The third-order valence-electron chi connectivity index (χ3n) is 3.21. The molecule has 5 nitrogen and oxygen atoms in total. The topological polar surface area (TPSA) is 61.8 Å². The number of ether oxygens (including phenoxy) is 3. The average Bonchev–Trinajstić information content (AvgIpc) is 2.56. The zero-order valence-corrected chi connectivity index (χ0v) is 12.8. The van der Waals surface area contributed by atoms with Crippen molar-refractivity contribution in [3.63, 3.8) is 0 Å². The lowest BCUT2D eigenvalue weighted by molar-refractivity contribution is -0.148. The largest absolute Gasteiger partial charge is 0.465 e. The van der Waals surface area contributed by atoms with Crippen molar-refractivity contribution in [3.05, 3.63) is 41.7 Å². The van der Waals surface area contributed by atoms with E-state index >= 15 is 0 Å². The van der Waals surface area contributed by atoms with Gasteiger partial charge in [-0.15, -0.1) is 0 Å². The minimum Gasteiger partial charge on any atom is -0.465 e. The molecule has 2 rings (SSSR count). The summed E-state index contributed by atoms with van der Waals surface area (Å²) in [5.41, 5.74) is 0.794. The van der Waals surface area contributed by atoms with Gasteiger partial charge in [-0.1, -0.05) is 32.0 Å². The van der Waals surface area contributed by atoms with E-state index < -0.39 is 17.9 Å². The molecule has 1 aliphatic rings. The second-order valence-electron chi connectivity index (χ2n) is 4.97. The molecule has 1 aliphatic heterocycles. The van der Waals surface area contributed by atoms with Crippen molar-refractivity contribution in [3.8, 4) is 5.75 Å². The van der Waals surface area contributed by atoms with Gasteiger partial charge >= 0.3 is 11.9 Å². The first-order valence-electron chi connectivity index (χ1n) is 7.48. The van der Waals surface area contributed by atoms with Gasteiger partial charge in [0.05, 0.1) is 18.8 Å². The number of esters is 2. The van der Waals surface area contributed by atoms with Gasteiger partial charge < -0.3 is 14.2 Å². The summed E-state index contributed by atoms with van der Waals surface area (Å²) >= 11 is 0. The van der Waals surface area contributed by atoms with Crippen LogP contribution in [0.25, 0.3) is 0 Å². The van der Waals surface area contributed by atoms with E-state index in [0.29, 0.717) is 30.9 Å². The van der Waals surface area contributed by atoms with E-state index in [0.717, 1.165) is 6.42 Å². The number of fused-ring (bicyclic) bond motifs is 1. The molecule has 0 aromatic heterocycles. The molecule has 0 bridgehead atoms. The molecule has 0 saturated carbocycles. The molecular formula is C17H20O5. The summed E-state index contributed by atoms with van der Waals surface area (Å²) in [4.78, 5) is 24.6. The standard InChI is InChI=1S/C17H20O5/c1-3-9-20-16(18)13-11-22-14-8-6-5-7-12(14)15(13)17(19)21-10-4-2/h5-8,11,15H,3-4,9-10H2,1-2H3. The zero-order chi connectivity index (χ0) is 15.9. The summed E-state index contributed by atoms with van der Waals surface area (Å²) in [6.07, 6.45) is 2.72. The van der Waals surface area contributed by atoms with Crippen LogP contribution in [0.2, 0.25) is 0 Å². The Bertz CT molecular complexity index is 576. The van der Waals surface area contributed by atoms with E-state index in [2.05, 4.69) is 0 Å². The Hall–Kier alpha value is -2.30. The van der Waals surface area contributed by atoms with Crippen LogP contribution in [0.3, 0.4) is 0 Å². The van der Waals surface area contributed by atoms with Gasteiger partial charge in [-0.3, -0.25) is 4.79 Å². The predicted octanol–water partition coefficient (Wildman–Crippen LogP) is 2.95. The monoisotopic (exact) mass is 304 g/mol. The summed E-state index contributed by atoms with van der Waals surface area (Å²) < 4.78 is 15.8. The molecule has 0 spiro atoms. The summed E-state index contributed by atoms with van der Waals surface area (Å²) in [5.74, 6) is -1.26. The van der Waals surface area contributed by atoms with E-state index in [1.54, 1.807) is 18.2 Å². The van der Waals surface area contributed by atoms with Crippen LogP contribution < -0.4 is 4.74 Å². The molecule has 0 N–H and O–H groups in total. The minimum absolute atomic E-state index is 0.174. The maximum atomic E-state index is 12.4. The fourth-order valence-corrected chi connectivity index (χ4v) is 2.17.